The SMILES string of the molecule is CC1CCC(=N/O)/C(=N/O)C1. The largest absolute Gasteiger partial charge is 0.411 e. The Kier molecular flexibility index (Phi) is 2.46. The van der Waals surface area contributed by atoms with Crippen LogP contribution in [0.15, 0.2) is 10.3 Å². The van der Waals surface area contributed by atoms with E-state index in [9.17, 15) is 0 Å². The van der Waals surface area contributed by atoms with Crippen molar-refractivity contribution in [3.63, 3.8) is 0 Å². The predicted molar refractivity (Wildman–Crippen MR) is 41.5 cm³/mol. The Morgan fingerprint density at radius 2 is 1.91 bits per heavy atom. The summed E-state index contributed by atoms with van der Waals surface area (Å²) in [5, 5.41) is 23.1. The fourth-order valence-corrected chi connectivity index (χ4v) is 1.28. The second-order valence-electron chi connectivity index (χ2n) is 2.94. The molecule has 1 unspecified atom stereocenters. The first kappa shape index (κ1) is 8.04. The summed E-state index contributed by atoms with van der Waals surface area (Å²) in [4.78, 5) is 0. The van der Waals surface area contributed by atoms with E-state index in [1.807, 2.05) is 0 Å². The van der Waals surface area contributed by atoms with Crippen LogP contribution in [0.5, 0.6) is 0 Å². The number of rotatable bonds is 0. The molecule has 1 fully saturated rings. The third-order valence-corrected chi connectivity index (χ3v) is 1.99. The van der Waals surface area contributed by atoms with Crippen LogP contribution in [0.4, 0.5) is 0 Å². The smallest absolute Gasteiger partial charge is 0.105 e. The van der Waals surface area contributed by atoms with Crippen molar-refractivity contribution < 1.29 is 10.4 Å². The molecule has 0 aromatic carbocycles. The van der Waals surface area contributed by atoms with Crippen molar-refractivity contribution in [1.82, 2.24) is 0 Å². The van der Waals surface area contributed by atoms with Crippen LogP contribution in [0.2, 0.25) is 0 Å². The Bertz CT molecular complexity index is 199. The second kappa shape index (κ2) is 3.37. The Labute approximate surface area is 65.2 Å². The number of oxime groups is 2. The van der Waals surface area contributed by atoms with Gasteiger partial charge in [-0.2, -0.15) is 0 Å². The van der Waals surface area contributed by atoms with Crippen LogP contribution in [-0.4, -0.2) is 21.8 Å². The van der Waals surface area contributed by atoms with Crippen molar-refractivity contribution in [2.24, 2.45) is 16.2 Å². The van der Waals surface area contributed by atoms with Gasteiger partial charge in [0, 0.05) is 0 Å². The van der Waals surface area contributed by atoms with E-state index in [-0.39, 0.29) is 0 Å². The van der Waals surface area contributed by atoms with Crippen molar-refractivity contribution in [2.75, 3.05) is 0 Å². The maximum Gasteiger partial charge on any atom is 0.105 e. The molecular formula is C7H12N2O2. The molecule has 4 heteroatoms. The lowest BCUT2D eigenvalue weighted by atomic mass is 9.88. The van der Waals surface area contributed by atoms with E-state index in [0.29, 0.717) is 30.2 Å². The van der Waals surface area contributed by atoms with Gasteiger partial charge in [0.05, 0.1) is 0 Å². The second-order valence-corrected chi connectivity index (χ2v) is 2.94. The van der Waals surface area contributed by atoms with E-state index >= 15 is 0 Å². The summed E-state index contributed by atoms with van der Waals surface area (Å²) in [6.45, 7) is 2.08. The molecule has 1 rings (SSSR count). The van der Waals surface area contributed by atoms with Crippen LogP contribution in [0.3, 0.4) is 0 Å². The minimum atomic E-state index is 0.519. The quantitative estimate of drug-likeness (QED) is 0.412. The van der Waals surface area contributed by atoms with Crippen LogP contribution in [0.1, 0.15) is 26.2 Å². The zero-order chi connectivity index (χ0) is 8.27. The summed E-state index contributed by atoms with van der Waals surface area (Å²) < 4.78 is 0. The minimum absolute atomic E-state index is 0.519. The highest BCUT2D eigenvalue weighted by molar-refractivity contribution is 6.42. The summed E-state index contributed by atoms with van der Waals surface area (Å²) in [5.41, 5.74) is 1.04. The number of nitrogens with zero attached hydrogens (tertiary/aromatic N) is 2. The molecule has 0 aliphatic heterocycles. The average molecular weight is 156 g/mol. The van der Waals surface area contributed by atoms with Gasteiger partial charge in [-0.3, -0.25) is 0 Å². The van der Waals surface area contributed by atoms with Gasteiger partial charge in [-0.1, -0.05) is 17.2 Å². The van der Waals surface area contributed by atoms with E-state index in [2.05, 4.69) is 17.2 Å². The lowest BCUT2D eigenvalue weighted by Gasteiger charge is -2.18. The first-order chi connectivity index (χ1) is 5.27. The molecule has 0 saturated heterocycles. The van der Waals surface area contributed by atoms with Crippen molar-refractivity contribution in [3.8, 4) is 0 Å². The fourth-order valence-electron chi connectivity index (χ4n) is 1.28. The monoisotopic (exact) mass is 156 g/mol. The number of hydrogen-bond acceptors (Lipinski definition) is 4. The molecule has 4 nitrogen and oxygen atoms in total. The Morgan fingerprint density at radius 1 is 1.27 bits per heavy atom. The topological polar surface area (TPSA) is 65.2 Å². The Morgan fingerprint density at radius 3 is 2.45 bits per heavy atom. The molecule has 0 amide bonds. The molecule has 0 heterocycles. The fraction of sp³-hybridized carbons (Fsp3) is 0.714. The zero-order valence-electron chi connectivity index (χ0n) is 6.49. The van der Waals surface area contributed by atoms with Crippen molar-refractivity contribution in [1.29, 1.82) is 0 Å². The van der Waals surface area contributed by atoms with Crippen molar-refractivity contribution in [3.05, 3.63) is 0 Å². The van der Waals surface area contributed by atoms with Crippen LogP contribution in [0.25, 0.3) is 0 Å². The zero-order valence-corrected chi connectivity index (χ0v) is 6.49. The normalized spacial score (nSPS) is 33.0. The van der Waals surface area contributed by atoms with Crippen molar-refractivity contribution >= 4 is 11.4 Å². The highest BCUT2D eigenvalue weighted by atomic mass is 16.4. The van der Waals surface area contributed by atoms with E-state index in [0.717, 1.165) is 6.42 Å². The maximum absolute atomic E-state index is 8.51. The van der Waals surface area contributed by atoms with Crippen LogP contribution < -0.4 is 0 Å². The van der Waals surface area contributed by atoms with E-state index in [4.69, 9.17) is 10.4 Å². The van der Waals surface area contributed by atoms with E-state index < -0.39 is 0 Å². The maximum atomic E-state index is 8.51. The molecule has 1 atom stereocenters. The predicted octanol–water partition coefficient (Wildman–Crippen LogP) is 1.47. The van der Waals surface area contributed by atoms with Gasteiger partial charge in [0.15, 0.2) is 0 Å². The Balaban J connectivity index is 2.72. The van der Waals surface area contributed by atoms with Gasteiger partial charge in [-0.25, -0.2) is 0 Å². The molecular weight excluding hydrogens is 144 g/mol. The van der Waals surface area contributed by atoms with Gasteiger partial charge in [-0.05, 0) is 25.2 Å². The summed E-state index contributed by atoms with van der Waals surface area (Å²) in [6, 6.07) is 0. The molecule has 1 aliphatic rings. The molecule has 62 valence electrons. The molecule has 1 aliphatic carbocycles. The van der Waals surface area contributed by atoms with Crippen LogP contribution in [-0.2, 0) is 0 Å². The summed E-state index contributed by atoms with van der Waals surface area (Å²) in [6.07, 6.45) is 2.41. The standard InChI is InChI=1S/C7H12N2O2/c1-5-2-3-6(8-10)7(4-5)9-11/h5,10-11H,2-4H2,1H3/b8-6-,9-7+. The minimum Gasteiger partial charge on any atom is -0.411 e. The van der Waals surface area contributed by atoms with Crippen LogP contribution in [0, 0.1) is 5.92 Å². The Hall–Kier alpha value is -1.06. The van der Waals surface area contributed by atoms with Crippen LogP contribution >= 0.6 is 0 Å². The van der Waals surface area contributed by atoms with Gasteiger partial charge in [0.1, 0.15) is 11.4 Å². The first-order valence-corrected chi connectivity index (χ1v) is 3.70. The van der Waals surface area contributed by atoms with E-state index in [1.54, 1.807) is 0 Å². The van der Waals surface area contributed by atoms with Gasteiger partial charge < -0.3 is 10.4 Å². The third kappa shape index (κ3) is 1.69. The highest BCUT2D eigenvalue weighted by Gasteiger charge is 2.20. The number of hydrogen-bond donors (Lipinski definition) is 2. The molecule has 0 spiro atoms. The third-order valence-electron chi connectivity index (χ3n) is 1.99. The summed E-state index contributed by atoms with van der Waals surface area (Å²) >= 11 is 0. The lowest BCUT2D eigenvalue weighted by Crippen LogP contribution is -2.23. The lowest BCUT2D eigenvalue weighted by molar-refractivity contribution is 0.308. The van der Waals surface area contributed by atoms with E-state index in [1.165, 1.54) is 0 Å². The van der Waals surface area contributed by atoms with Crippen molar-refractivity contribution in [2.45, 2.75) is 26.2 Å². The van der Waals surface area contributed by atoms with Gasteiger partial charge in [-0.15, -0.1) is 0 Å². The molecule has 11 heavy (non-hydrogen) atoms. The van der Waals surface area contributed by atoms with Gasteiger partial charge in [0.25, 0.3) is 0 Å². The summed E-state index contributed by atoms with van der Waals surface area (Å²) in [5.74, 6) is 0.520. The summed E-state index contributed by atoms with van der Waals surface area (Å²) in [7, 11) is 0. The molecule has 1 saturated carbocycles. The molecule has 2 N–H and O–H groups in total. The molecule has 0 aromatic rings. The molecule has 0 bridgehead atoms. The first-order valence-electron chi connectivity index (χ1n) is 3.70. The molecule has 0 aromatic heterocycles. The van der Waals surface area contributed by atoms with Gasteiger partial charge in [0.2, 0.25) is 0 Å². The van der Waals surface area contributed by atoms with Gasteiger partial charge >= 0.3 is 0 Å². The highest BCUT2D eigenvalue weighted by Crippen LogP contribution is 2.19. The molecule has 0 radical (unpaired) electrons. The average Bonchev–Trinajstić information content (AvgIpc) is 2.04.